The summed E-state index contributed by atoms with van der Waals surface area (Å²) in [5.74, 6) is 0. The third-order valence-corrected chi connectivity index (χ3v) is 2.10. The molecule has 2 heteroatoms. The molecule has 0 aliphatic rings. The first-order chi connectivity index (χ1) is 6.53. The van der Waals surface area contributed by atoms with Crippen molar-refractivity contribution in [2.24, 2.45) is 0 Å². The standard InChI is InChI=1S/C12H20N2/c1-12(2,3)14-9-10-7-5-6-8-11(10)13-4/h5-8,13-14H,9H2,1-4H3. The Morgan fingerprint density at radius 1 is 1.14 bits per heavy atom. The third-order valence-electron chi connectivity index (χ3n) is 2.10. The minimum absolute atomic E-state index is 0.168. The number of hydrogen-bond donors (Lipinski definition) is 2. The van der Waals surface area contributed by atoms with Crippen LogP contribution < -0.4 is 10.6 Å². The summed E-state index contributed by atoms with van der Waals surface area (Å²) in [4.78, 5) is 0. The molecule has 0 amide bonds. The normalized spacial score (nSPS) is 11.4. The van der Waals surface area contributed by atoms with Crippen LogP contribution in [0.4, 0.5) is 5.69 Å². The van der Waals surface area contributed by atoms with Crippen LogP contribution in [-0.2, 0) is 6.54 Å². The fourth-order valence-corrected chi connectivity index (χ4v) is 1.28. The molecule has 0 heterocycles. The lowest BCUT2D eigenvalue weighted by atomic mass is 10.1. The molecule has 1 aromatic rings. The number of rotatable bonds is 3. The molecule has 2 N–H and O–H groups in total. The van der Waals surface area contributed by atoms with Gasteiger partial charge in [-0.05, 0) is 32.4 Å². The molecule has 0 unspecified atom stereocenters. The van der Waals surface area contributed by atoms with Crippen LogP contribution in [0.5, 0.6) is 0 Å². The lowest BCUT2D eigenvalue weighted by molar-refractivity contribution is 0.424. The van der Waals surface area contributed by atoms with Crippen LogP contribution in [0, 0.1) is 0 Å². The molecule has 14 heavy (non-hydrogen) atoms. The molecule has 0 aromatic heterocycles. The van der Waals surface area contributed by atoms with Crippen LogP contribution in [0.15, 0.2) is 24.3 Å². The predicted octanol–water partition coefficient (Wildman–Crippen LogP) is 2.62. The molecule has 0 aliphatic carbocycles. The van der Waals surface area contributed by atoms with E-state index in [2.05, 4.69) is 49.6 Å². The van der Waals surface area contributed by atoms with Gasteiger partial charge in [0.05, 0.1) is 0 Å². The minimum atomic E-state index is 0.168. The Labute approximate surface area is 86.7 Å². The first-order valence-corrected chi connectivity index (χ1v) is 5.03. The van der Waals surface area contributed by atoms with E-state index in [4.69, 9.17) is 0 Å². The molecule has 1 aromatic carbocycles. The molecular formula is C12H20N2. The monoisotopic (exact) mass is 192 g/mol. The topological polar surface area (TPSA) is 24.1 Å². The number of para-hydroxylation sites is 1. The highest BCUT2D eigenvalue weighted by Crippen LogP contribution is 2.14. The molecule has 0 saturated heterocycles. The Morgan fingerprint density at radius 3 is 2.36 bits per heavy atom. The van der Waals surface area contributed by atoms with E-state index < -0.39 is 0 Å². The quantitative estimate of drug-likeness (QED) is 0.769. The van der Waals surface area contributed by atoms with E-state index >= 15 is 0 Å². The zero-order chi connectivity index (χ0) is 10.6. The van der Waals surface area contributed by atoms with Gasteiger partial charge in [-0.25, -0.2) is 0 Å². The molecule has 0 radical (unpaired) electrons. The van der Waals surface area contributed by atoms with Gasteiger partial charge in [0.15, 0.2) is 0 Å². The first-order valence-electron chi connectivity index (χ1n) is 5.03. The SMILES string of the molecule is CNc1ccccc1CNC(C)(C)C. The van der Waals surface area contributed by atoms with Crippen molar-refractivity contribution in [3.63, 3.8) is 0 Å². The molecule has 0 atom stereocenters. The molecule has 0 saturated carbocycles. The maximum absolute atomic E-state index is 3.47. The molecule has 0 bridgehead atoms. The second-order valence-electron chi connectivity index (χ2n) is 4.51. The maximum Gasteiger partial charge on any atom is 0.0383 e. The Morgan fingerprint density at radius 2 is 1.79 bits per heavy atom. The highest BCUT2D eigenvalue weighted by molar-refractivity contribution is 5.50. The van der Waals surface area contributed by atoms with Crippen molar-refractivity contribution in [3.8, 4) is 0 Å². The van der Waals surface area contributed by atoms with Crippen LogP contribution in [0.1, 0.15) is 26.3 Å². The van der Waals surface area contributed by atoms with Crippen molar-refractivity contribution < 1.29 is 0 Å². The van der Waals surface area contributed by atoms with Crippen molar-refractivity contribution in [2.75, 3.05) is 12.4 Å². The minimum Gasteiger partial charge on any atom is -0.388 e. The fourth-order valence-electron chi connectivity index (χ4n) is 1.28. The number of anilines is 1. The summed E-state index contributed by atoms with van der Waals surface area (Å²) in [5.41, 5.74) is 2.68. The van der Waals surface area contributed by atoms with Gasteiger partial charge >= 0.3 is 0 Å². The zero-order valence-corrected chi connectivity index (χ0v) is 9.52. The summed E-state index contributed by atoms with van der Waals surface area (Å²) in [6.07, 6.45) is 0. The highest BCUT2D eigenvalue weighted by atomic mass is 14.9. The Kier molecular flexibility index (Phi) is 3.53. The summed E-state index contributed by atoms with van der Waals surface area (Å²) < 4.78 is 0. The van der Waals surface area contributed by atoms with E-state index in [9.17, 15) is 0 Å². The summed E-state index contributed by atoms with van der Waals surface area (Å²) >= 11 is 0. The van der Waals surface area contributed by atoms with Crippen LogP contribution in [0.3, 0.4) is 0 Å². The highest BCUT2D eigenvalue weighted by Gasteiger charge is 2.09. The van der Waals surface area contributed by atoms with Crippen molar-refractivity contribution in [3.05, 3.63) is 29.8 Å². The van der Waals surface area contributed by atoms with Gasteiger partial charge in [-0.2, -0.15) is 0 Å². The van der Waals surface area contributed by atoms with E-state index in [0.29, 0.717) is 0 Å². The van der Waals surface area contributed by atoms with Gasteiger partial charge < -0.3 is 10.6 Å². The average molecular weight is 192 g/mol. The van der Waals surface area contributed by atoms with Gasteiger partial charge in [0, 0.05) is 24.8 Å². The summed E-state index contributed by atoms with van der Waals surface area (Å²) in [7, 11) is 1.95. The van der Waals surface area contributed by atoms with Crippen LogP contribution >= 0.6 is 0 Å². The summed E-state index contributed by atoms with van der Waals surface area (Å²) in [6.45, 7) is 7.43. The van der Waals surface area contributed by atoms with Crippen molar-refractivity contribution in [2.45, 2.75) is 32.9 Å². The molecule has 1 rings (SSSR count). The smallest absolute Gasteiger partial charge is 0.0383 e. The van der Waals surface area contributed by atoms with E-state index in [0.717, 1.165) is 6.54 Å². The second kappa shape index (κ2) is 4.47. The van der Waals surface area contributed by atoms with Gasteiger partial charge in [-0.15, -0.1) is 0 Å². The van der Waals surface area contributed by atoms with Gasteiger partial charge in [0.1, 0.15) is 0 Å². The van der Waals surface area contributed by atoms with Crippen LogP contribution in [-0.4, -0.2) is 12.6 Å². The van der Waals surface area contributed by atoms with Gasteiger partial charge in [0.2, 0.25) is 0 Å². The predicted molar refractivity (Wildman–Crippen MR) is 62.6 cm³/mol. The van der Waals surface area contributed by atoms with Gasteiger partial charge in [-0.1, -0.05) is 18.2 Å². The Balaban J connectivity index is 2.67. The first kappa shape index (κ1) is 11.1. The average Bonchev–Trinajstić information content (AvgIpc) is 2.14. The van der Waals surface area contributed by atoms with Crippen molar-refractivity contribution >= 4 is 5.69 Å². The molecular weight excluding hydrogens is 172 g/mol. The van der Waals surface area contributed by atoms with E-state index in [1.54, 1.807) is 0 Å². The maximum atomic E-state index is 3.47. The fraction of sp³-hybridized carbons (Fsp3) is 0.500. The Hall–Kier alpha value is -1.02. The van der Waals surface area contributed by atoms with Crippen molar-refractivity contribution in [1.29, 1.82) is 0 Å². The molecule has 2 nitrogen and oxygen atoms in total. The largest absolute Gasteiger partial charge is 0.388 e. The van der Waals surface area contributed by atoms with E-state index in [1.165, 1.54) is 11.3 Å². The van der Waals surface area contributed by atoms with E-state index in [-0.39, 0.29) is 5.54 Å². The molecule has 0 spiro atoms. The Bertz CT molecular complexity index is 287. The number of benzene rings is 1. The number of nitrogens with one attached hydrogen (secondary N) is 2. The van der Waals surface area contributed by atoms with Crippen LogP contribution in [0.25, 0.3) is 0 Å². The lowest BCUT2D eigenvalue weighted by Gasteiger charge is -2.21. The second-order valence-corrected chi connectivity index (χ2v) is 4.51. The van der Waals surface area contributed by atoms with Crippen LogP contribution in [0.2, 0.25) is 0 Å². The molecule has 0 aliphatic heterocycles. The summed E-state index contributed by atoms with van der Waals surface area (Å²) in [5, 5.41) is 6.66. The van der Waals surface area contributed by atoms with Crippen molar-refractivity contribution in [1.82, 2.24) is 5.32 Å². The van der Waals surface area contributed by atoms with Gasteiger partial charge in [0.25, 0.3) is 0 Å². The number of hydrogen-bond acceptors (Lipinski definition) is 2. The molecule has 0 fully saturated rings. The molecule has 78 valence electrons. The van der Waals surface area contributed by atoms with Gasteiger partial charge in [-0.3, -0.25) is 0 Å². The summed E-state index contributed by atoms with van der Waals surface area (Å²) in [6, 6.07) is 8.36. The third kappa shape index (κ3) is 3.38. The van der Waals surface area contributed by atoms with E-state index in [1.807, 2.05) is 13.1 Å². The zero-order valence-electron chi connectivity index (χ0n) is 9.52. The lowest BCUT2D eigenvalue weighted by Crippen LogP contribution is -2.35.